The largest absolute Gasteiger partial charge is 0.438 e. The van der Waals surface area contributed by atoms with Gasteiger partial charge in [-0.2, -0.15) is 15.5 Å². The van der Waals surface area contributed by atoms with Crippen LogP contribution >= 0.6 is 0 Å². The van der Waals surface area contributed by atoms with Crippen molar-refractivity contribution in [2.24, 2.45) is 0 Å². The van der Waals surface area contributed by atoms with Crippen molar-refractivity contribution in [3.8, 4) is 23.4 Å². The van der Waals surface area contributed by atoms with Crippen LogP contribution in [0, 0.1) is 28.1 Å². The van der Waals surface area contributed by atoms with E-state index in [-0.39, 0.29) is 11.1 Å². The fourth-order valence-electron chi connectivity index (χ4n) is 3.48. The summed E-state index contributed by atoms with van der Waals surface area (Å²) in [6.45, 7) is 0. The zero-order valence-electron chi connectivity index (χ0n) is 14.4. The third kappa shape index (κ3) is 2.19. The number of hydrogen-bond donors (Lipinski definition) is 2. The van der Waals surface area contributed by atoms with E-state index in [1.165, 1.54) is 0 Å². The quantitative estimate of drug-likeness (QED) is 0.341. The Labute approximate surface area is 158 Å². The van der Waals surface area contributed by atoms with Crippen LogP contribution in [0.4, 0.5) is 0 Å². The monoisotopic (exact) mass is 361 g/mol. The van der Waals surface area contributed by atoms with Crippen LogP contribution in [0.25, 0.3) is 44.2 Å². The second-order valence-corrected chi connectivity index (χ2v) is 6.39. The Balaban J connectivity index is 1.99. The summed E-state index contributed by atoms with van der Waals surface area (Å²) in [6, 6.07) is 21.0. The fourth-order valence-corrected chi connectivity index (χ4v) is 3.48. The molecule has 0 bridgehead atoms. The molecule has 0 aliphatic heterocycles. The highest BCUT2D eigenvalue weighted by atomic mass is 16.3. The molecular formula is C22H11N5O. The number of hydrogen-bond acceptors (Lipinski definition) is 5. The maximum Gasteiger partial charge on any atom is 0.231 e. The van der Waals surface area contributed by atoms with Gasteiger partial charge in [0.25, 0.3) is 0 Å². The number of benzene rings is 2. The van der Waals surface area contributed by atoms with Crippen molar-refractivity contribution in [3.63, 3.8) is 0 Å². The predicted octanol–water partition coefficient (Wildman–Crippen LogP) is 4.35. The number of nitrogens with one attached hydrogen (secondary N) is 2. The van der Waals surface area contributed by atoms with Gasteiger partial charge < -0.3 is 9.40 Å². The summed E-state index contributed by atoms with van der Waals surface area (Å²) in [5.74, 6) is 0. The average Bonchev–Trinajstić information content (AvgIpc) is 2.73. The van der Waals surface area contributed by atoms with E-state index < -0.39 is 0 Å². The highest BCUT2D eigenvalue weighted by molar-refractivity contribution is 6.17. The zero-order valence-corrected chi connectivity index (χ0v) is 14.4. The van der Waals surface area contributed by atoms with Gasteiger partial charge in [-0.05, 0) is 29.8 Å². The van der Waals surface area contributed by atoms with Crippen LogP contribution in [0.1, 0.15) is 11.1 Å². The first-order chi connectivity index (χ1) is 13.7. The molecule has 2 N–H and O–H groups in total. The van der Waals surface area contributed by atoms with Gasteiger partial charge in [0.2, 0.25) is 5.71 Å². The minimum absolute atomic E-state index is 0.136. The summed E-state index contributed by atoms with van der Waals surface area (Å²) in [6.07, 6.45) is 0. The lowest BCUT2D eigenvalue weighted by Gasteiger charge is -2.12. The Bertz CT molecular complexity index is 1540. The van der Waals surface area contributed by atoms with Crippen molar-refractivity contribution in [3.05, 3.63) is 71.2 Å². The third-order valence-electron chi connectivity index (χ3n) is 4.80. The van der Waals surface area contributed by atoms with E-state index in [4.69, 9.17) is 15.1 Å². The molecule has 0 unspecified atom stereocenters. The SMILES string of the molecule is N#Cc1ccc(-c2cc3c4ccccc4oc4nc(=N)c(C#N)c([nH]2)c43)cc1. The minimum atomic E-state index is -0.136. The van der Waals surface area contributed by atoms with E-state index in [1.54, 1.807) is 12.1 Å². The molecule has 3 aromatic heterocycles. The number of rotatable bonds is 1. The molecule has 0 saturated carbocycles. The summed E-state index contributed by atoms with van der Waals surface area (Å²) in [5.41, 5.74) is 3.74. The molecule has 0 aliphatic carbocycles. The van der Waals surface area contributed by atoms with Crippen molar-refractivity contribution >= 4 is 33.0 Å². The molecule has 130 valence electrons. The van der Waals surface area contributed by atoms with E-state index in [0.29, 0.717) is 27.8 Å². The molecule has 0 saturated heterocycles. The van der Waals surface area contributed by atoms with Gasteiger partial charge in [-0.3, -0.25) is 5.41 Å². The van der Waals surface area contributed by atoms with Gasteiger partial charge >= 0.3 is 0 Å². The fraction of sp³-hybridized carbons (Fsp3) is 0. The zero-order chi connectivity index (χ0) is 19.3. The van der Waals surface area contributed by atoms with E-state index in [1.807, 2.05) is 42.5 Å². The molecule has 0 amide bonds. The number of H-pyrrole nitrogens is 1. The first-order valence-corrected chi connectivity index (χ1v) is 8.53. The number of nitriles is 2. The molecule has 5 aromatic rings. The van der Waals surface area contributed by atoms with Gasteiger partial charge in [-0.15, -0.1) is 0 Å². The number of fused-ring (bicyclic) bond motifs is 2. The molecule has 3 heterocycles. The van der Waals surface area contributed by atoms with Crippen LogP contribution in [-0.4, -0.2) is 9.97 Å². The second kappa shape index (κ2) is 5.80. The molecule has 0 atom stereocenters. The van der Waals surface area contributed by atoms with Crippen molar-refractivity contribution < 1.29 is 4.42 Å². The molecule has 0 spiro atoms. The lowest BCUT2D eigenvalue weighted by molar-refractivity contribution is 0.643. The predicted molar refractivity (Wildman–Crippen MR) is 104 cm³/mol. The Morgan fingerprint density at radius 3 is 2.50 bits per heavy atom. The lowest BCUT2D eigenvalue weighted by atomic mass is 10.0. The first-order valence-electron chi connectivity index (χ1n) is 8.53. The van der Waals surface area contributed by atoms with Gasteiger partial charge in [0.15, 0.2) is 5.49 Å². The first kappa shape index (κ1) is 15.8. The van der Waals surface area contributed by atoms with Gasteiger partial charge in [-0.25, -0.2) is 0 Å². The van der Waals surface area contributed by atoms with Crippen LogP contribution in [0.2, 0.25) is 0 Å². The highest BCUT2D eigenvalue weighted by Crippen LogP contribution is 2.34. The Morgan fingerprint density at radius 2 is 1.75 bits per heavy atom. The summed E-state index contributed by atoms with van der Waals surface area (Å²) in [7, 11) is 0. The van der Waals surface area contributed by atoms with Crippen LogP contribution in [0.15, 0.2) is 59.0 Å². The Morgan fingerprint density at radius 1 is 0.964 bits per heavy atom. The van der Waals surface area contributed by atoms with Crippen molar-refractivity contribution in [2.45, 2.75) is 0 Å². The molecule has 0 aliphatic rings. The average molecular weight is 361 g/mol. The number of aromatic nitrogens is 2. The standard InChI is InChI=1S/C22H11N5O/c23-10-12-5-7-13(8-6-12)17-9-15-14-3-1-2-4-18(14)28-22-19(15)20(26-17)16(11-24)21(25)27-22/h1-9,25-26H. The number of aromatic amines is 1. The third-order valence-corrected chi connectivity index (χ3v) is 4.80. The molecule has 28 heavy (non-hydrogen) atoms. The highest BCUT2D eigenvalue weighted by Gasteiger charge is 2.17. The normalized spacial score (nSPS) is 10.9. The molecule has 0 fully saturated rings. The Hall–Kier alpha value is -4.42. The summed E-state index contributed by atoms with van der Waals surface area (Å²) in [5, 5.41) is 29.2. The van der Waals surface area contributed by atoms with Gasteiger partial charge in [0.1, 0.15) is 17.2 Å². The Kier molecular flexibility index (Phi) is 3.27. The van der Waals surface area contributed by atoms with Crippen molar-refractivity contribution in [1.82, 2.24) is 9.97 Å². The lowest BCUT2D eigenvalue weighted by Crippen LogP contribution is -2.12. The van der Waals surface area contributed by atoms with Crippen molar-refractivity contribution in [2.75, 3.05) is 0 Å². The van der Waals surface area contributed by atoms with Crippen LogP contribution in [-0.2, 0) is 0 Å². The second-order valence-electron chi connectivity index (χ2n) is 6.39. The summed E-state index contributed by atoms with van der Waals surface area (Å²) >= 11 is 0. The van der Waals surface area contributed by atoms with E-state index in [0.717, 1.165) is 22.0 Å². The van der Waals surface area contributed by atoms with E-state index in [9.17, 15) is 5.26 Å². The van der Waals surface area contributed by atoms with Crippen LogP contribution in [0.3, 0.4) is 0 Å². The van der Waals surface area contributed by atoms with E-state index >= 15 is 0 Å². The van der Waals surface area contributed by atoms with Crippen LogP contribution < -0.4 is 5.49 Å². The molecule has 6 heteroatoms. The number of para-hydroxylation sites is 1. The molecular weight excluding hydrogens is 350 g/mol. The molecule has 2 aromatic carbocycles. The summed E-state index contributed by atoms with van der Waals surface area (Å²) < 4.78 is 5.91. The smallest absolute Gasteiger partial charge is 0.231 e. The van der Waals surface area contributed by atoms with Crippen molar-refractivity contribution in [1.29, 1.82) is 15.9 Å². The van der Waals surface area contributed by atoms with E-state index in [2.05, 4.69) is 22.1 Å². The van der Waals surface area contributed by atoms with Crippen LogP contribution in [0.5, 0.6) is 0 Å². The van der Waals surface area contributed by atoms with Gasteiger partial charge in [0, 0.05) is 16.5 Å². The number of pyridine rings is 2. The topological polar surface area (TPSA) is 113 Å². The summed E-state index contributed by atoms with van der Waals surface area (Å²) in [4.78, 5) is 7.47. The minimum Gasteiger partial charge on any atom is -0.438 e. The maximum atomic E-state index is 9.61. The van der Waals surface area contributed by atoms with Gasteiger partial charge in [0.05, 0.1) is 22.5 Å². The molecule has 6 nitrogen and oxygen atoms in total. The molecule has 5 rings (SSSR count). The molecule has 0 radical (unpaired) electrons. The van der Waals surface area contributed by atoms with Gasteiger partial charge in [-0.1, -0.05) is 30.3 Å². The maximum absolute atomic E-state index is 9.61. The number of nitrogens with zero attached hydrogens (tertiary/aromatic N) is 3.